The number of carbonyl (C=O) groups excluding carboxylic acids is 4. The minimum absolute atomic E-state index is 0.186. The zero-order valence-corrected chi connectivity index (χ0v) is 19.4. The van der Waals surface area contributed by atoms with Gasteiger partial charge in [-0.2, -0.15) is 0 Å². The SMILES string of the molecule is O=C(COC(=O)c1ccc(N2C(=O)[C@@H]3CC[C@@H](c4ccccc4)C[C@H]3C2=O)cc1)c1ccc(F)cc1. The van der Waals surface area contributed by atoms with E-state index < -0.39 is 24.2 Å². The standard InChI is InChI=1S/C29H24FNO5/c30-22-11-6-19(7-12-22)26(32)17-36-29(35)20-8-13-23(14-9-20)31-27(33)24-15-10-21(16-25(24)28(31)34)18-4-2-1-3-5-18/h1-9,11-14,21,24-25H,10,15-17H2/t21-,24-,25-/m1/s1. The number of benzene rings is 3. The second-order valence-corrected chi connectivity index (χ2v) is 9.20. The van der Waals surface area contributed by atoms with Gasteiger partial charge >= 0.3 is 5.97 Å². The Balaban J connectivity index is 1.23. The van der Waals surface area contributed by atoms with Gasteiger partial charge in [-0.05, 0) is 79.3 Å². The van der Waals surface area contributed by atoms with E-state index in [0.717, 1.165) is 18.6 Å². The minimum atomic E-state index is -0.713. The largest absolute Gasteiger partial charge is 0.454 e. The van der Waals surface area contributed by atoms with Crippen molar-refractivity contribution in [1.29, 1.82) is 0 Å². The summed E-state index contributed by atoms with van der Waals surface area (Å²) in [5.41, 5.74) is 2.03. The summed E-state index contributed by atoms with van der Waals surface area (Å²) in [5.74, 6) is -2.45. The van der Waals surface area contributed by atoms with Crippen molar-refractivity contribution in [3.63, 3.8) is 0 Å². The van der Waals surface area contributed by atoms with E-state index in [1.165, 1.54) is 34.7 Å². The third-order valence-corrected chi connectivity index (χ3v) is 7.06. The molecule has 1 aliphatic carbocycles. The molecule has 6 nitrogen and oxygen atoms in total. The van der Waals surface area contributed by atoms with Crippen molar-refractivity contribution in [2.75, 3.05) is 11.5 Å². The fourth-order valence-corrected chi connectivity index (χ4v) is 5.14. The van der Waals surface area contributed by atoms with Gasteiger partial charge in [0.1, 0.15) is 5.82 Å². The highest BCUT2D eigenvalue weighted by Gasteiger charge is 2.50. The molecule has 1 saturated heterocycles. The molecule has 5 rings (SSSR count). The summed E-state index contributed by atoms with van der Waals surface area (Å²) < 4.78 is 18.1. The maximum absolute atomic E-state index is 13.2. The Morgan fingerprint density at radius 1 is 0.806 bits per heavy atom. The molecule has 3 atom stereocenters. The molecular formula is C29H24FNO5. The number of ether oxygens (including phenoxy) is 1. The molecule has 1 saturated carbocycles. The first-order chi connectivity index (χ1) is 17.4. The summed E-state index contributed by atoms with van der Waals surface area (Å²) in [4.78, 5) is 52.1. The third-order valence-electron chi connectivity index (χ3n) is 7.06. The van der Waals surface area contributed by atoms with Gasteiger partial charge in [-0.25, -0.2) is 9.18 Å². The fraction of sp³-hybridized carbons (Fsp3) is 0.241. The van der Waals surface area contributed by atoms with E-state index >= 15 is 0 Å². The topological polar surface area (TPSA) is 80.8 Å². The number of anilines is 1. The molecule has 0 spiro atoms. The molecule has 1 heterocycles. The molecule has 2 amide bonds. The van der Waals surface area contributed by atoms with E-state index in [1.54, 1.807) is 12.1 Å². The highest BCUT2D eigenvalue weighted by Crippen LogP contribution is 2.45. The van der Waals surface area contributed by atoms with Crippen LogP contribution in [0.2, 0.25) is 0 Å². The van der Waals surface area contributed by atoms with E-state index in [1.807, 2.05) is 18.2 Å². The second-order valence-electron chi connectivity index (χ2n) is 9.20. The number of rotatable bonds is 6. The summed E-state index contributed by atoms with van der Waals surface area (Å²) in [6.07, 6.45) is 2.17. The predicted octanol–water partition coefficient (Wildman–Crippen LogP) is 4.94. The lowest BCUT2D eigenvalue weighted by atomic mass is 9.73. The number of imide groups is 1. The summed E-state index contributed by atoms with van der Waals surface area (Å²) in [6, 6.07) is 21.0. The zero-order valence-electron chi connectivity index (χ0n) is 19.4. The highest BCUT2D eigenvalue weighted by molar-refractivity contribution is 6.22. The highest BCUT2D eigenvalue weighted by atomic mass is 19.1. The molecule has 2 aliphatic rings. The van der Waals surface area contributed by atoms with Gasteiger partial charge in [0.05, 0.1) is 23.1 Å². The number of ketones is 1. The molecule has 7 heteroatoms. The number of Topliss-reactive ketones (excluding diaryl/α,β-unsaturated/α-hetero) is 1. The Morgan fingerprint density at radius 2 is 1.44 bits per heavy atom. The van der Waals surface area contributed by atoms with Crippen LogP contribution in [0.1, 0.15) is 51.5 Å². The Labute approximate surface area is 207 Å². The van der Waals surface area contributed by atoms with Gasteiger partial charge in [0.2, 0.25) is 11.8 Å². The van der Waals surface area contributed by atoms with Crippen LogP contribution in [0.5, 0.6) is 0 Å². The van der Waals surface area contributed by atoms with Crippen molar-refractivity contribution in [1.82, 2.24) is 0 Å². The van der Waals surface area contributed by atoms with Crippen molar-refractivity contribution in [2.45, 2.75) is 25.2 Å². The third kappa shape index (κ3) is 4.56. The number of hydrogen-bond donors (Lipinski definition) is 0. The van der Waals surface area contributed by atoms with Crippen molar-refractivity contribution >= 4 is 29.3 Å². The predicted molar refractivity (Wildman–Crippen MR) is 130 cm³/mol. The number of fused-ring (bicyclic) bond motifs is 1. The Hall–Kier alpha value is -4.13. The van der Waals surface area contributed by atoms with E-state index in [2.05, 4.69) is 12.1 Å². The van der Waals surface area contributed by atoms with Crippen LogP contribution in [0.25, 0.3) is 0 Å². The van der Waals surface area contributed by atoms with E-state index in [0.29, 0.717) is 18.5 Å². The van der Waals surface area contributed by atoms with Gasteiger partial charge < -0.3 is 4.74 Å². The van der Waals surface area contributed by atoms with E-state index in [9.17, 15) is 23.6 Å². The first-order valence-electron chi connectivity index (χ1n) is 11.9. The van der Waals surface area contributed by atoms with Gasteiger partial charge in [-0.15, -0.1) is 0 Å². The second kappa shape index (κ2) is 9.85. The van der Waals surface area contributed by atoms with Crippen LogP contribution in [0.4, 0.5) is 10.1 Å². The maximum atomic E-state index is 13.2. The van der Waals surface area contributed by atoms with Gasteiger partial charge in [0.15, 0.2) is 12.4 Å². The van der Waals surface area contributed by atoms with E-state index in [-0.39, 0.29) is 40.7 Å². The molecule has 182 valence electrons. The molecule has 3 aromatic carbocycles. The number of nitrogens with zero attached hydrogens (tertiary/aromatic N) is 1. The number of halogens is 1. The number of amides is 2. The summed E-state index contributed by atoms with van der Waals surface area (Å²) in [5, 5.41) is 0. The molecular weight excluding hydrogens is 461 g/mol. The number of carbonyl (C=O) groups is 4. The number of esters is 1. The van der Waals surface area contributed by atoms with Crippen LogP contribution >= 0.6 is 0 Å². The average Bonchev–Trinajstić information content (AvgIpc) is 3.17. The van der Waals surface area contributed by atoms with Gasteiger partial charge in [0, 0.05) is 5.56 Å². The van der Waals surface area contributed by atoms with E-state index in [4.69, 9.17) is 4.74 Å². The molecule has 0 bridgehead atoms. The van der Waals surface area contributed by atoms with Crippen LogP contribution in [-0.2, 0) is 14.3 Å². The molecule has 0 unspecified atom stereocenters. The van der Waals surface area contributed by atoms with Crippen molar-refractivity contribution in [3.8, 4) is 0 Å². The van der Waals surface area contributed by atoms with Crippen LogP contribution < -0.4 is 4.90 Å². The van der Waals surface area contributed by atoms with Crippen molar-refractivity contribution in [2.24, 2.45) is 11.8 Å². The van der Waals surface area contributed by atoms with Gasteiger partial charge in [0.25, 0.3) is 0 Å². The lowest BCUT2D eigenvalue weighted by molar-refractivity contribution is -0.122. The smallest absolute Gasteiger partial charge is 0.338 e. The maximum Gasteiger partial charge on any atom is 0.338 e. The summed E-state index contributed by atoms with van der Waals surface area (Å²) in [7, 11) is 0. The minimum Gasteiger partial charge on any atom is -0.454 e. The molecule has 2 fully saturated rings. The van der Waals surface area contributed by atoms with Crippen molar-refractivity contribution < 1.29 is 28.3 Å². The van der Waals surface area contributed by atoms with Crippen LogP contribution in [-0.4, -0.2) is 30.2 Å². The lowest BCUT2D eigenvalue weighted by Crippen LogP contribution is -2.30. The van der Waals surface area contributed by atoms with Gasteiger partial charge in [-0.3, -0.25) is 19.3 Å². The molecule has 0 radical (unpaired) electrons. The summed E-state index contributed by atoms with van der Waals surface area (Å²) in [6.45, 7) is -0.485. The van der Waals surface area contributed by atoms with Crippen molar-refractivity contribution in [3.05, 3.63) is 101 Å². The zero-order chi connectivity index (χ0) is 25.2. The fourth-order valence-electron chi connectivity index (χ4n) is 5.14. The molecule has 1 aliphatic heterocycles. The Bertz CT molecular complexity index is 1300. The molecule has 36 heavy (non-hydrogen) atoms. The van der Waals surface area contributed by atoms with Crippen LogP contribution in [0, 0.1) is 17.7 Å². The molecule has 3 aromatic rings. The number of hydrogen-bond acceptors (Lipinski definition) is 5. The molecule has 0 aromatic heterocycles. The monoisotopic (exact) mass is 485 g/mol. The first-order valence-corrected chi connectivity index (χ1v) is 11.9. The van der Waals surface area contributed by atoms with Crippen LogP contribution in [0.3, 0.4) is 0 Å². The normalized spacial score (nSPS) is 21.2. The van der Waals surface area contributed by atoms with Gasteiger partial charge in [-0.1, -0.05) is 30.3 Å². The Morgan fingerprint density at radius 3 is 2.14 bits per heavy atom. The Kier molecular flexibility index (Phi) is 6.46. The summed E-state index contributed by atoms with van der Waals surface area (Å²) >= 11 is 0. The molecule has 0 N–H and O–H groups in total. The average molecular weight is 486 g/mol. The lowest BCUT2D eigenvalue weighted by Gasteiger charge is -2.28. The first kappa shape index (κ1) is 23.6. The quantitative estimate of drug-likeness (QED) is 0.281. The van der Waals surface area contributed by atoms with Crippen LogP contribution in [0.15, 0.2) is 78.9 Å².